The van der Waals surface area contributed by atoms with Gasteiger partial charge >= 0.3 is 0 Å². The van der Waals surface area contributed by atoms with Crippen LogP contribution in [0, 0.1) is 10.1 Å². The van der Waals surface area contributed by atoms with E-state index in [1.165, 1.54) is 6.07 Å². The molecule has 5 nitrogen and oxygen atoms in total. The number of hydrogen-bond donors (Lipinski definition) is 1. The molecule has 1 aromatic rings. The van der Waals surface area contributed by atoms with Gasteiger partial charge in [0.25, 0.3) is 5.69 Å². The summed E-state index contributed by atoms with van der Waals surface area (Å²) in [7, 11) is 0. The second kappa shape index (κ2) is 5.77. The van der Waals surface area contributed by atoms with E-state index in [-0.39, 0.29) is 16.4 Å². The highest BCUT2D eigenvalue weighted by atomic mass is 79.9. The number of nitrogens with zero attached hydrogens (tertiary/aromatic N) is 1. The molecule has 1 aromatic carbocycles. The number of halogens is 1. The van der Waals surface area contributed by atoms with Gasteiger partial charge in [0.05, 0.1) is 9.75 Å². The van der Waals surface area contributed by atoms with E-state index in [4.69, 9.17) is 0 Å². The molecular weight excluding hydrogens is 288 g/mol. The molecule has 1 unspecified atom stereocenters. The number of amides is 1. The van der Waals surface area contributed by atoms with Crippen LogP contribution >= 0.6 is 15.9 Å². The Morgan fingerprint density at radius 3 is 2.71 bits per heavy atom. The first-order chi connectivity index (χ1) is 7.95. The van der Waals surface area contributed by atoms with E-state index in [0.29, 0.717) is 17.7 Å². The molecule has 0 saturated heterocycles. The lowest BCUT2D eigenvalue weighted by molar-refractivity contribution is -0.385. The fourth-order valence-electron chi connectivity index (χ4n) is 1.35. The Hall–Kier alpha value is -1.43. The van der Waals surface area contributed by atoms with E-state index in [0.717, 1.165) is 0 Å². The largest absolute Gasteiger partial charge is 0.325 e. The predicted molar refractivity (Wildman–Crippen MR) is 69.5 cm³/mol. The normalized spacial score (nSPS) is 11.9. The molecule has 1 amide bonds. The van der Waals surface area contributed by atoms with E-state index in [1.54, 1.807) is 19.1 Å². The standard InChI is InChI=1S/C11H13BrN2O3/c1-3-8-4-5-9(6-10(8)14(16)17)13-11(15)7(2)12/h4-7H,3H2,1-2H3,(H,13,15). The summed E-state index contributed by atoms with van der Waals surface area (Å²) in [6, 6.07) is 4.71. The Morgan fingerprint density at radius 2 is 2.24 bits per heavy atom. The molecule has 0 bridgehead atoms. The van der Waals surface area contributed by atoms with Crippen LogP contribution in [0.5, 0.6) is 0 Å². The molecule has 6 heteroatoms. The topological polar surface area (TPSA) is 72.2 Å². The number of carbonyl (C=O) groups is 1. The minimum absolute atomic E-state index is 0.0347. The Balaban J connectivity index is 3.00. The maximum atomic E-state index is 11.4. The third kappa shape index (κ3) is 3.52. The van der Waals surface area contributed by atoms with Gasteiger partial charge in [0.2, 0.25) is 5.91 Å². The summed E-state index contributed by atoms with van der Waals surface area (Å²) in [5.41, 5.74) is 1.12. The van der Waals surface area contributed by atoms with Gasteiger partial charge in [-0.1, -0.05) is 28.9 Å². The Kier molecular flexibility index (Phi) is 4.62. The van der Waals surface area contributed by atoms with Gasteiger partial charge < -0.3 is 5.32 Å². The summed E-state index contributed by atoms with van der Waals surface area (Å²) in [5.74, 6) is -0.233. The first kappa shape index (κ1) is 13.6. The highest BCUT2D eigenvalue weighted by Gasteiger charge is 2.15. The van der Waals surface area contributed by atoms with E-state index in [9.17, 15) is 14.9 Å². The van der Waals surface area contributed by atoms with Crippen molar-refractivity contribution >= 4 is 33.2 Å². The maximum absolute atomic E-state index is 11.4. The van der Waals surface area contributed by atoms with Crippen molar-refractivity contribution in [2.24, 2.45) is 0 Å². The SMILES string of the molecule is CCc1ccc(NC(=O)C(C)Br)cc1[N+](=O)[O-]. The molecule has 0 aromatic heterocycles. The average Bonchev–Trinajstić information content (AvgIpc) is 2.28. The monoisotopic (exact) mass is 300 g/mol. The second-order valence-corrected chi connectivity index (χ2v) is 4.93. The molecule has 92 valence electrons. The Morgan fingerprint density at radius 1 is 1.59 bits per heavy atom. The zero-order valence-corrected chi connectivity index (χ0v) is 11.2. The van der Waals surface area contributed by atoms with Crippen LogP contribution in [0.2, 0.25) is 0 Å². The van der Waals surface area contributed by atoms with Crippen molar-refractivity contribution < 1.29 is 9.72 Å². The van der Waals surface area contributed by atoms with Crippen LogP contribution < -0.4 is 5.32 Å². The van der Waals surface area contributed by atoms with Gasteiger partial charge in [-0.25, -0.2) is 0 Å². The van der Waals surface area contributed by atoms with Crippen molar-refractivity contribution in [2.75, 3.05) is 5.32 Å². The first-order valence-corrected chi connectivity index (χ1v) is 6.09. The van der Waals surface area contributed by atoms with Crippen LogP contribution in [-0.4, -0.2) is 15.7 Å². The lowest BCUT2D eigenvalue weighted by atomic mass is 10.1. The highest BCUT2D eigenvalue weighted by molar-refractivity contribution is 9.10. The van der Waals surface area contributed by atoms with Crippen molar-refractivity contribution in [2.45, 2.75) is 25.1 Å². The maximum Gasteiger partial charge on any atom is 0.274 e. The van der Waals surface area contributed by atoms with Crippen LogP contribution in [0.15, 0.2) is 18.2 Å². The van der Waals surface area contributed by atoms with E-state index >= 15 is 0 Å². The van der Waals surface area contributed by atoms with Crippen molar-refractivity contribution in [3.63, 3.8) is 0 Å². The first-order valence-electron chi connectivity index (χ1n) is 5.18. The van der Waals surface area contributed by atoms with Gasteiger partial charge in [-0.3, -0.25) is 14.9 Å². The third-order valence-corrected chi connectivity index (χ3v) is 2.71. The Labute approximate surface area is 107 Å². The quantitative estimate of drug-likeness (QED) is 0.528. The fourth-order valence-corrected chi connectivity index (χ4v) is 1.47. The van der Waals surface area contributed by atoms with Crippen LogP contribution in [0.4, 0.5) is 11.4 Å². The van der Waals surface area contributed by atoms with E-state index < -0.39 is 4.92 Å². The lowest BCUT2D eigenvalue weighted by Gasteiger charge is -2.07. The van der Waals surface area contributed by atoms with E-state index in [1.807, 2.05) is 6.92 Å². The number of nitro groups is 1. The average molecular weight is 301 g/mol. The number of anilines is 1. The van der Waals surface area contributed by atoms with Crippen LogP contribution in [0.25, 0.3) is 0 Å². The summed E-state index contributed by atoms with van der Waals surface area (Å²) in [4.78, 5) is 21.5. The van der Waals surface area contributed by atoms with Gasteiger partial charge in [0.1, 0.15) is 0 Å². The molecule has 0 radical (unpaired) electrons. The zero-order valence-electron chi connectivity index (χ0n) is 9.57. The molecule has 0 aliphatic heterocycles. The van der Waals surface area contributed by atoms with Gasteiger partial charge in [-0.15, -0.1) is 0 Å². The summed E-state index contributed by atoms with van der Waals surface area (Å²) in [6.45, 7) is 3.53. The van der Waals surface area contributed by atoms with Gasteiger partial charge in [0.15, 0.2) is 0 Å². The van der Waals surface area contributed by atoms with Crippen molar-refractivity contribution in [3.05, 3.63) is 33.9 Å². The number of nitro benzene ring substituents is 1. The number of alkyl halides is 1. The van der Waals surface area contributed by atoms with Gasteiger partial charge in [-0.05, 0) is 19.4 Å². The fraction of sp³-hybridized carbons (Fsp3) is 0.364. The number of rotatable bonds is 4. The second-order valence-electron chi connectivity index (χ2n) is 3.56. The number of benzene rings is 1. The molecule has 1 N–H and O–H groups in total. The zero-order chi connectivity index (χ0) is 13.0. The molecular formula is C11H13BrN2O3. The molecule has 0 aliphatic carbocycles. The third-order valence-electron chi connectivity index (χ3n) is 2.29. The molecule has 0 fully saturated rings. The molecule has 17 heavy (non-hydrogen) atoms. The lowest BCUT2D eigenvalue weighted by Crippen LogP contribution is -2.19. The highest BCUT2D eigenvalue weighted by Crippen LogP contribution is 2.23. The number of nitrogens with one attached hydrogen (secondary N) is 1. The van der Waals surface area contributed by atoms with Gasteiger partial charge in [0, 0.05) is 17.3 Å². The predicted octanol–water partition coefficient (Wildman–Crippen LogP) is 2.88. The minimum Gasteiger partial charge on any atom is -0.325 e. The van der Waals surface area contributed by atoms with Gasteiger partial charge in [-0.2, -0.15) is 0 Å². The summed E-state index contributed by atoms with van der Waals surface area (Å²) in [5, 5.41) is 13.4. The van der Waals surface area contributed by atoms with Crippen molar-refractivity contribution in [3.8, 4) is 0 Å². The van der Waals surface area contributed by atoms with Crippen molar-refractivity contribution in [1.82, 2.24) is 0 Å². The Bertz CT molecular complexity index is 446. The molecule has 1 rings (SSSR count). The summed E-state index contributed by atoms with van der Waals surface area (Å²) >= 11 is 3.13. The number of aryl methyl sites for hydroxylation is 1. The van der Waals surface area contributed by atoms with Crippen LogP contribution in [0.3, 0.4) is 0 Å². The molecule has 0 aliphatic rings. The summed E-state index contributed by atoms with van der Waals surface area (Å²) in [6.07, 6.45) is 0.583. The van der Waals surface area contributed by atoms with Crippen molar-refractivity contribution in [1.29, 1.82) is 0 Å². The summed E-state index contributed by atoms with van der Waals surface area (Å²) < 4.78 is 0. The minimum atomic E-state index is -0.438. The molecule has 1 atom stereocenters. The molecule has 0 heterocycles. The van der Waals surface area contributed by atoms with Crippen LogP contribution in [0.1, 0.15) is 19.4 Å². The molecule has 0 saturated carbocycles. The van der Waals surface area contributed by atoms with E-state index in [2.05, 4.69) is 21.2 Å². The van der Waals surface area contributed by atoms with Crippen LogP contribution in [-0.2, 0) is 11.2 Å². The molecule has 0 spiro atoms. The number of carbonyl (C=O) groups excluding carboxylic acids is 1. The number of hydrogen-bond acceptors (Lipinski definition) is 3. The smallest absolute Gasteiger partial charge is 0.274 e.